The number of thiazole rings is 1. The molecular weight excluding hydrogens is 368 g/mol. The fourth-order valence-corrected chi connectivity index (χ4v) is 4.30. The molecule has 2 atom stereocenters. The number of hydrogen-bond acceptors (Lipinski definition) is 5. The molecule has 0 unspecified atom stereocenters. The molecule has 1 amide bonds. The lowest BCUT2D eigenvalue weighted by Gasteiger charge is -2.30. The topological polar surface area (TPSA) is 82.1 Å². The molecule has 7 heteroatoms. The number of carbonyl (C=O) groups excluding carboxylic acids is 2. The number of anilines is 1. The van der Waals surface area contributed by atoms with Crippen LogP contribution < -0.4 is 10.4 Å². The Morgan fingerprint density at radius 2 is 2.00 bits per heavy atom. The lowest BCUT2D eigenvalue weighted by molar-refractivity contribution is -0.313. The van der Waals surface area contributed by atoms with Crippen molar-refractivity contribution >= 4 is 54.5 Å². The molecule has 0 saturated heterocycles. The summed E-state index contributed by atoms with van der Waals surface area (Å²) in [5.74, 6) is -2.63. The highest BCUT2D eigenvalue weighted by molar-refractivity contribution is 9.10. The van der Waals surface area contributed by atoms with E-state index in [1.807, 2.05) is 18.2 Å². The number of rotatable bonds is 3. The molecule has 3 rings (SSSR count). The first-order valence-electron chi connectivity index (χ1n) is 7.12. The number of nitrogens with one attached hydrogen (secondary N) is 1. The molecular formula is C15H14BrN2O3S-. The van der Waals surface area contributed by atoms with Crippen molar-refractivity contribution in [3.63, 3.8) is 0 Å². The van der Waals surface area contributed by atoms with Crippen LogP contribution in [0, 0.1) is 11.8 Å². The summed E-state index contributed by atoms with van der Waals surface area (Å²) >= 11 is 4.78. The summed E-state index contributed by atoms with van der Waals surface area (Å²) in [6.07, 6.45) is 2.79. The average Bonchev–Trinajstić information content (AvgIpc) is 2.88. The summed E-state index contributed by atoms with van der Waals surface area (Å²) in [7, 11) is 0. The molecule has 1 heterocycles. The van der Waals surface area contributed by atoms with Gasteiger partial charge in [-0.25, -0.2) is 4.98 Å². The molecule has 1 aliphatic carbocycles. The van der Waals surface area contributed by atoms with Gasteiger partial charge in [0.05, 0.1) is 10.2 Å². The Labute approximate surface area is 139 Å². The molecule has 5 nitrogen and oxygen atoms in total. The molecule has 22 heavy (non-hydrogen) atoms. The zero-order valence-corrected chi connectivity index (χ0v) is 14.1. The maximum Gasteiger partial charge on any atom is 0.229 e. The zero-order valence-electron chi connectivity index (χ0n) is 11.7. The number of nitrogens with zero attached hydrogens (tertiary/aromatic N) is 1. The number of halogens is 1. The fourth-order valence-electron chi connectivity index (χ4n) is 2.88. The van der Waals surface area contributed by atoms with Crippen molar-refractivity contribution in [3.8, 4) is 0 Å². The van der Waals surface area contributed by atoms with Crippen molar-refractivity contribution in [2.45, 2.75) is 25.7 Å². The Morgan fingerprint density at radius 3 is 2.73 bits per heavy atom. The summed E-state index contributed by atoms with van der Waals surface area (Å²) in [6, 6.07) is 5.70. The van der Waals surface area contributed by atoms with Gasteiger partial charge in [-0.05, 0) is 31.0 Å². The standard InChI is InChI=1S/C15H15BrN2O3S/c16-8-5-6-11-12(7-8)22-15(17-11)18-13(19)9-3-1-2-4-10(9)14(20)21/h5-7,9-10H,1-4H2,(H,20,21)(H,17,18,19)/p-1/t9-,10+/m0/s1. The normalized spacial score (nSPS) is 21.7. The molecule has 0 bridgehead atoms. The number of aliphatic carboxylic acids is 1. The van der Waals surface area contributed by atoms with Crippen LogP contribution in [0.5, 0.6) is 0 Å². The Morgan fingerprint density at radius 1 is 1.27 bits per heavy atom. The fraction of sp³-hybridized carbons (Fsp3) is 0.400. The van der Waals surface area contributed by atoms with Gasteiger partial charge in [-0.3, -0.25) is 4.79 Å². The van der Waals surface area contributed by atoms with E-state index < -0.39 is 17.8 Å². The van der Waals surface area contributed by atoms with Gasteiger partial charge in [0.2, 0.25) is 5.91 Å². The van der Waals surface area contributed by atoms with E-state index in [1.165, 1.54) is 11.3 Å². The maximum atomic E-state index is 12.4. The second-order valence-electron chi connectivity index (χ2n) is 5.44. The van der Waals surface area contributed by atoms with Crippen LogP contribution >= 0.6 is 27.3 Å². The molecule has 1 aromatic heterocycles. The number of fused-ring (bicyclic) bond motifs is 1. The minimum Gasteiger partial charge on any atom is -0.550 e. The van der Waals surface area contributed by atoms with Crippen molar-refractivity contribution < 1.29 is 14.7 Å². The number of carbonyl (C=O) groups is 2. The van der Waals surface area contributed by atoms with Gasteiger partial charge in [0.25, 0.3) is 0 Å². The van der Waals surface area contributed by atoms with E-state index in [2.05, 4.69) is 26.2 Å². The van der Waals surface area contributed by atoms with E-state index in [0.29, 0.717) is 18.0 Å². The molecule has 0 spiro atoms. The van der Waals surface area contributed by atoms with Crippen LogP contribution in [-0.4, -0.2) is 16.9 Å². The molecule has 0 aliphatic heterocycles. The number of carboxylic acids is 1. The number of hydrogen-bond donors (Lipinski definition) is 1. The van der Waals surface area contributed by atoms with Crippen molar-refractivity contribution in [1.82, 2.24) is 4.98 Å². The number of carboxylic acid groups (broad SMARTS) is 1. The Hall–Kier alpha value is -1.47. The van der Waals surface area contributed by atoms with Crippen LogP contribution in [0.15, 0.2) is 22.7 Å². The number of aromatic nitrogens is 1. The largest absolute Gasteiger partial charge is 0.550 e. The molecule has 1 N–H and O–H groups in total. The van der Waals surface area contributed by atoms with Gasteiger partial charge >= 0.3 is 0 Å². The second kappa shape index (κ2) is 6.34. The van der Waals surface area contributed by atoms with E-state index >= 15 is 0 Å². The van der Waals surface area contributed by atoms with Gasteiger partial charge in [-0.1, -0.05) is 40.1 Å². The first-order chi connectivity index (χ1) is 10.5. The maximum absolute atomic E-state index is 12.4. The van der Waals surface area contributed by atoms with Crippen LogP contribution in [-0.2, 0) is 9.59 Å². The molecule has 0 radical (unpaired) electrons. The second-order valence-corrected chi connectivity index (χ2v) is 7.38. The third kappa shape index (κ3) is 3.15. The van der Waals surface area contributed by atoms with Crippen molar-refractivity contribution in [2.75, 3.05) is 5.32 Å². The summed E-state index contributed by atoms with van der Waals surface area (Å²) in [5.41, 5.74) is 0.809. The molecule has 116 valence electrons. The molecule has 2 aromatic rings. The number of amides is 1. The highest BCUT2D eigenvalue weighted by Crippen LogP contribution is 2.32. The van der Waals surface area contributed by atoms with Gasteiger partial charge in [-0.15, -0.1) is 0 Å². The lowest BCUT2D eigenvalue weighted by Crippen LogP contribution is -2.42. The van der Waals surface area contributed by atoms with Crippen LogP contribution in [0.4, 0.5) is 5.13 Å². The first-order valence-corrected chi connectivity index (χ1v) is 8.73. The van der Waals surface area contributed by atoms with Gasteiger partial charge in [-0.2, -0.15) is 0 Å². The van der Waals surface area contributed by atoms with Crippen LogP contribution in [0.2, 0.25) is 0 Å². The predicted molar refractivity (Wildman–Crippen MR) is 86.4 cm³/mol. The zero-order chi connectivity index (χ0) is 15.7. The third-order valence-electron chi connectivity index (χ3n) is 3.99. The Kier molecular flexibility index (Phi) is 4.44. The lowest BCUT2D eigenvalue weighted by atomic mass is 9.79. The van der Waals surface area contributed by atoms with Crippen molar-refractivity contribution in [3.05, 3.63) is 22.7 Å². The van der Waals surface area contributed by atoms with E-state index in [-0.39, 0.29) is 5.91 Å². The van der Waals surface area contributed by atoms with E-state index in [0.717, 1.165) is 27.5 Å². The quantitative estimate of drug-likeness (QED) is 0.885. The minimum absolute atomic E-state index is 0.271. The number of benzene rings is 1. The average molecular weight is 382 g/mol. The van der Waals surface area contributed by atoms with Gasteiger partial charge in [0.1, 0.15) is 0 Å². The SMILES string of the molecule is O=C(Nc1nc2ccc(Br)cc2s1)[C@H]1CCCC[C@H]1C(=O)[O-]. The van der Waals surface area contributed by atoms with Crippen molar-refractivity contribution in [2.24, 2.45) is 11.8 Å². The Balaban J connectivity index is 1.78. The molecule has 1 aliphatic rings. The molecule has 1 aromatic carbocycles. The first kappa shape index (κ1) is 15.4. The smallest absolute Gasteiger partial charge is 0.229 e. The van der Waals surface area contributed by atoms with E-state index in [9.17, 15) is 14.7 Å². The van der Waals surface area contributed by atoms with Crippen LogP contribution in [0.1, 0.15) is 25.7 Å². The summed E-state index contributed by atoms with van der Waals surface area (Å²) in [4.78, 5) is 27.9. The Bertz CT molecular complexity index is 731. The highest BCUT2D eigenvalue weighted by Gasteiger charge is 2.32. The highest BCUT2D eigenvalue weighted by atomic mass is 79.9. The van der Waals surface area contributed by atoms with Gasteiger partial charge < -0.3 is 15.2 Å². The van der Waals surface area contributed by atoms with E-state index in [4.69, 9.17) is 0 Å². The summed E-state index contributed by atoms with van der Waals surface area (Å²) in [6.45, 7) is 0. The van der Waals surface area contributed by atoms with E-state index in [1.54, 1.807) is 0 Å². The predicted octanol–water partition coefficient (Wildman–Crippen LogP) is 2.55. The van der Waals surface area contributed by atoms with Crippen LogP contribution in [0.25, 0.3) is 10.2 Å². The van der Waals surface area contributed by atoms with Crippen molar-refractivity contribution in [1.29, 1.82) is 0 Å². The minimum atomic E-state index is -1.13. The van der Waals surface area contributed by atoms with Gasteiger partial charge in [0, 0.05) is 22.3 Å². The summed E-state index contributed by atoms with van der Waals surface area (Å²) in [5, 5.41) is 14.5. The summed E-state index contributed by atoms with van der Waals surface area (Å²) < 4.78 is 1.91. The van der Waals surface area contributed by atoms with Crippen LogP contribution in [0.3, 0.4) is 0 Å². The molecule has 1 saturated carbocycles. The van der Waals surface area contributed by atoms with Gasteiger partial charge in [0.15, 0.2) is 5.13 Å². The monoisotopic (exact) mass is 381 g/mol. The third-order valence-corrected chi connectivity index (χ3v) is 5.41. The molecule has 1 fully saturated rings.